The van der Waals surface area contributed by atoms with Crippen molar-refractivity contribution in [1.29, 1.82) is 0 Å². The van der Waals surface area contributed by atoms with Gasteiger partial charge in [0.15, 0.2) is 6.10 Å². The van der Waals surface area contributed by atoms with Crippen LogP contribution >= 0.6 is 7.82 Å². The smallest absolute Gasteiger partial charge is 0.462 e. The van der Waals surface area contributed by atoms with E-state index in [9.17, 15) is 19.0 Å². The van der Waals surface area contributed by atoms with Crippen LogP contribution < -0.4 is 0 Å². The second kappa shape index (κ2) is 75.4. The number of unbranched alkanes of at least 4 members (excludes halogenated alkanes) is 37. The molecule has 10 heteroatoms. The van der Waals surface area contributed by atoms with Crippen molar-refractivity contribution in [3.8, 4) is 0 Å². The van der Waals surface area contributed by atoms with Gasteiger partial charge in [0.25, 0.3) is 0 Å². The van der Waals surface area contributed by atoms with E-state index >= 15 is 0 Å². The van der Waals surface area contributed by atoms with Gasteiger partial charge in [-0.1, -0.05) is 353 Å². The van der Waals surface area contributed by atoms with Crippen molar-refractivity contribution in [2.75, 3.05) is 47.5 Å². The Morgan fingerprint density at radius 1 is 0.333 bits per heavy atom. The number of quaternary nitrogens is 1. The molecule has 0 fully saturated rings. The number of hydrogen-bond acceptors (Lipinski definition) is 7. The predicted octanol–water partition coefficient (Wildman–Crippen LogP) is 26.7. The van der Waals surface area contributed by atoms with Crippen LogP contribution in [0.1, 0.15) is 348 Å². The molecule has 552 valence electrons. The van der Waals surface area contributed by atoms with E-state index in [1.807, 2.05) is 21.1 Å². The van der Waals surface area contributed by atoms with Gasteiger partial charge in [0.05, 0.1) is 27.7 Å². The molecule has 0 bridgehead atoms. The molecule has 0 radical (unpaired) electrons. The Labute approximate surface area is 593 Å². The van der Waals surface area contributed by atoms with Crippen molar-refractivity contribution >= 4 is 19.8 Å². The van der Waals surface area contributed by atoms with Crippen LogP contribution in [-0.4, -0.2) is 74.9 Å². The second-order valence-corrected chi connectivity index (χ2v) is 29.2. The van der Waals surface area contributed by atoms with Crippen LogP contribution in [0.3, 0.4) is 0 Å². The summed E-state index contributed by atoms with van der Waals surface area (Å²) in [5, 5.41) is 0. The van der Waals surface area contributed by atoms with E-state index in [1.165, 1.54) is 212 Å². The molecule has 0 aromatic heterocycles. The fraction of sp³-hybridized carbons (Fsp3) is 0.721. The average molecular weight is 1360 g/mol. The molecule has 0 spiro atoms. The van der Waals surface area contributed by atoms with Crippen molar-refractivity contribution in [1.82, 2.24) is 0 Å². The van der Waals surface area contributed by atoms with Gasteiger partial charge < -0.3 is 18.9 Å². The Bertz CT molecular complexity index is 2090. The van der Waals surface area contributed by atoms with Crippen molar-refractivity contribution < 1.29 is 42.1 Å². The highest BCUT2D eigenvalue weighted by Crippen LogP contribution is 2.43. The van der Waals surface area contributed by atoms with Crippen LogP contribution in [0.2, 0.25) is 0 Å². The SMILES string of the molecule is CC/C=C\C/C=C\C/C=C\C/C=C\C/C=C\C/C=C\C/C=C\C/C=C\C/C=C\CCCCCCCCCCCCCCCC(=O)OC(COC(=O)CCCCCCCCCCCCCCCCCCCCC/C=C\C/C=C\CCCCCCC)COP(=O)(O)OCC[N+](C)(C)C. The van der Waals surface area contributed by atoms with E-state index in [1.54, 1.807) is 0 Å². The van der Waals surface area contributed by atoms with E-state index in [-0.39, 0.29) is 32.0 Å². The number of allylic oxidation sites excluding steroid dienone is 22. The van der Waals surface area contributed by atoms with Gasteiger partial charge in [-0.2, -0.15) is 0 Å². The molecular weight excluding hydrogens is 1210 g/mol. The number of esters is 2. The average Bonchev–Trinajstić information content (AvgIpc) is 2.54. The van der Waals surface area contributed by atoms with Gasteiger partial charge in [-0.15, -0.1) is 0 Å². The highest BCUT2D eigenvalue weighted by molar-refractivity contribution is 7.47. The molecule has 2 atom stereocenters. The minimum Gasteiger partial charge on any atom is -0.462 e. The highest BCUT2D eigenvalue weighted by atomic mass is 31.2. The Balaban J connectivity index is 4.00. The van der Waals surface area contributed by atoms with Gasteiger partial charge in [0.2, 0.25) is 0 Å². The maximum atomic E-state index is 12.9. The number of ether oxygens (including phenoxy) is 2. The summed E-state index contributed by atoms with van der Waals surface area (Å²) in [5.74, 6) is -0.790. The lowest BCUT2D eigenvalue weighted by molar-refractivity contribution is -0.870. The molecule has 0 rings (SSSR count). The first-order valence-electron chi connectivity index (χ1n) is 39.9. The summed E-state index contributed by atoms with van der Waals surface area (Å²) < 4.78 is 34.8. The molecule has 0 aromatic rings. The van der Waals surface area contributed by atoms with Crippen molar-refractivity contribution in [3.63, 3.8) is 0 Å². The fourth-order valence-corrected chi connectivity index (χ4v) is 11.8. The number of likely N-dealkylation sites (N-methyl/N-ethyl adjacent to an activating group) is 1. The molecule has 0 heterocycles. The number of carbonyl (C=O) groups is 2. The van der Waals surface area contributed by atoms with E-state index in [0.717, 1.165) is 103 Å². The molecule has 0 saturated heterocycles. The second-order valence-electron chi connectivity index (χ2n) is 27.7. The summed E-state index contributed by atoms with van der Waals surface area (Å²) in [4.78, 5) is 36.0. The molecular formula is C86H151NO8P+. The van der Waals surface area contributed by atoms with E-state index in [2.05, 4.69) is 148 Å². The van der Waals surface area contributed by atoms with Crippen molar-refractivity contribution in [2.24, 2.45) is 0 Å². The minimum absolute atomic E-state index is 0.0283. The quantitative estimate of drug-likeness (QED) is 0.0211. The topological polar surface area (TPSA) is 108 Å². The summed E-state index contributed by atoms with van der Waals surface area (Å²) in [6.07, 6.45) is 110. The van der Waals surface area contributed by atoms with Gasteiger partial charge in [-0.05, 0) is 116 Å². The van der Waals surface area contributed by atoms with E-state index in [4.69, 9.17) is 18.5 Å². The zero-order valence-corrected chi connectivity index (χ0v) is 64.0. The number of rotatable bonds is 73. The van der Waals surface area contributed by atoms with Crippen LogP contribution in [0.4, 0.5) is 0 Å². The Kier molecular flexibility index (Phi) is 72.3. The standard InChI is InChI=1S/C86H150NO8P/c1-6-8-10-12-14-16-18-20-22-24-26-28-30-32-34-36-38-39-40-41-42-43-44-45-46-47-49-51-53-55-57-59-61-63-65-67-69-71-73-75-77-79-86(89)95-84(83-94-96(90,91)93-81-80-87(3,4)5)82-92-85(88)78-76-74-72-70-68-66-64-62-60-58-56-54-52-50-48-37-35-33-31-29-27-25-23-21-19-17-15-13-11-9-7-2/h8,10,14,16,19-22,25-28,32,34,38-39,41-42,44-45,47,49,84H,6-7,9,11-13,15,17-18,23-24,29-31,33,35-37,40,43,46,48,50-83H2,1-5H3/p+1/b10-8-,16-14-,21-19-,22-20-,27-25-,28-26-,34-32-,39-38-,42-41-,45-44-,49-47-. The Morgan fingerprint density at radius 2 is 0.594 bits per heavy atom. The van der Waals surface area contributed by atoms with Crippen LogP contribution in [0, 0.1) is 0 Å². The van der Waals surface area contributed by atoms with Crippen molar-refractivity contribution in [3.05, 3.63) is 134 Å². The summed E-state index contributed by atoms with van der Waals surface area (Å²) >= 11 is 0. The molecule has 9 nitrogen and oxygen atoms in total. The summed E-state index contributed by atoms with van der Waals surface area (Å²) in [5.41, 5.74) is 0. The van der Waals surface area contributed by atoms with Gasteiger partial charge in [-0.3, -0.25) is 18.6 Å². The molecule has 0 saturated carbocycles. The largest absolute Gasteiger partial charge is 0.472 e. The van der Waals surface area contributed by atoms with Crippen molar-refractivity contribution in [2.45, 2.75) is 354 Å². The van der Waals surface area contributed by atoms with E-state index in [0.29, 0.717) is 17.4 Å². The first-order chi connectivity index (χ1) is 47.0. The molecule has 0 aliphatic rings. The fourth-order valence-electron chi connectivity index (χ4n) is 11.1. The first kappa shape index (κ1) is 92.2. The van der Waals surface area contributed by atoms with E-state index < -0.39 is 26.5 Å². The number of phosphoric ester groups is 1. The van der Waals surface area contributed by atoms with Crippen LogP contribution in [0.25, 0.3) is 0 Å². The third-order valence-electron chi connectivity index (χ3n) is 17.2. The number of phosphoric acid groups is 1. The summed E-state index contributed by atoms with van der Waals surface area (Å²) in [6.45, 7) is 4.34. The van der Waals surface area contributed by atoms with Crippen LogP contribution in [0.5, 0.6) is 0 Å². The lowest BCUT2D eigenvalue weighted by Crippen LogP contribution is -2.37. The Hall–Kier alpha value is -3.85. The highest BCUT2D eigenvalue weighted by Gasteiger charge is 2.27. The molecule has 0 aromatic carbocycles. The number of carbonyl (C=O) groups excluding carboxylic acids is 2. The third-order valence-corrected chi connectivity index (χ3v) is 18.1. The zero-order chi connectivity index (χ0) is 69.7. The lowest BCUT2D eigenvalue weighted by Gasteiger charge is -2.24. The monoisotopic (exact) mass is 1360 g/mol. The molecule has 2 unspecified atom stereocenters. The molecule has 1 N–H and O–H groups in total. The maximum Gasteiger partial charge on any atom is 0.472 e. The molecule has 0 aliphatic heterocycles. The zero-order valence-electron chi connectivity index (χ0n) is 63.1. The number of hydrogen-bond donors (Lipinski definition) is 1. The third kappa shape index (κ3) is 79.1. The predicted molar refractivity (Wildman–Crippen MR) is 417 cm³/mol. The molecule has 96 heavy (non-hydrogen) atoms. The normalized spacial score (nSPS) is 13.8. The lowest BCUT2D eigenvalue weighted by atomic mass is 10.0. The molecule has 0 aliphatic carbocycles. The minimum atomic E-state index is -4.40. The van der Waals surface area contributed by atoms with Gasteiger partial charge >= 0.3 is 19.8 Å². The number of nitrogens with zero attached hydrogens (tertiary/aromatic N) is 1. The maximum absolute atomic E-state index is 12.9. The Morgan fingerprint density at radius 3 is 0.885 bits per heavy atom. The molecule has 0 amide bonds. The van der Waals surface area contributed by atoms with Gasteiger partial charge in [0.1, 0.15) is 19.8 Å². The summed E-state index contributed by atoms with van der Waals surface area (Å²) in [6, 6.07) is 0. The first-order valence-corrected chi connectivity index (χ1v) is 41.4. The van der Waals surface area contributed by atoms with Gasteiger partial charge in [-0.25, -0.2) is 4.57 Å². The van der Waals surface area contributed by atoms with Crippen LogP contribution in [-0.2, 0) is 32.7 Å². The summed E-state index contributed by atoms with van der Waals surface area (Å²) in [7, 11) is 1.48. The van der Waals surface area contributed by atoms with Gasteiger partial charge in [0, 0.05) is 12.8 Å². The van der Waals surface area contributed by atoms with Crippen LogP contribution in [0.15, 0.2) is 134 Å².